The minimum Gasteiger partial charge on any atom is -0.344 e. The van der Waals surface area contributed by atoms with Gasteiger partial charge in [0.2, 0.25) is 11.8 Å². The van der Waals surface area contributed by atoms with Crippen LogP contribution in [0.5, 0.6) is 0 Å². The number of carbonyl (C=O) groups is 2. The first kappa shape index (κ1) is 12.0. The van der Waals surface area contributed by atoms with Gasteiger partial charge in [0.1, 0.15) is 0 Å². The average molecular weight is 213 g/mol. The predicted octanol–water partition coefficient (Wildman–Crippen LogP) is -0.728. The summed E-state index contributed by atoms with van der Waals surface area (Å²) in [7, 11) is 1.77. The van der Waals surface area contributed by atoms with Gasteiger partial charge in [-0.3, -0.25) is 9.59 Å². The molecule has 86 valence electrons. The highest BCUT2D eigenvalue weighted by Crippen LogP contribution is 2.07. The summed E-state index contributed by atoms with van der Waals surface area (Å²) in [6.07, 6.45) is 0.839. The van der Waals surface area contributed by atoms with Crippen LogP contribution in [0.15, 0.2) is 0 Å². The predicted molar refractivity (Wildman–Crippen MR) is 57.1 cm³/mol. The summed E-state index contributed by atoms with van der Waals surface area (Å²) in [4.78, 5) is 26.6. The zero-order valence-corrected chi connectivity index (χ0v) is 9.40. The Kier molecular flexibility index (Phi) is 4.08. The summed E-state index contributed by atoms with van der Waals surface area (Å²) in [5.41, 5.74) is 5.44. The fourth-order valence-corrected chi connectivity index (χ4v) is 1.59. The molecule has 5 heteroatoms. The van der Waals surface area contributed by atoms with Gasteiger partial charge in [-0.25, -0.2) is 0 Å². The SMILES string of the molecule is CC(CN)C(=O)N1CCCN(C)C(=O)C1. The molecule has 0 spiro atoms. The van der Waals surface area contributed by atoms with Gasteiger partial charge in [-0.2, -0.15) is 0 Å². The first-order chi connectivity index (χ1) is 7.06. The molecule has 1 aliphatic rings. The lowest BCUT2D eigenvalue weighted by atomic mass is 10.1. The van der Waals surface area contributed by atoms with E-state index >= 15 is 0 Å². The van der Waals surface area contributed by atoms with Crippen molar-refractivity contribution >= 4 is 11.8 Å². The van der Waals surface area contributed by atoms with E-state index < -0.39 is 0 Å². The van der Waals surface area contributed by atoms with Gasteiger partial charge in [0.15, 0.2) is 0 Å². The van der Waals surface area contributed by atoms with E-state index in [4.69, 9.17) is 5.73 Å². The van der Waals surface area contributed by atoms with E-state index in [0.29, 0.717) is 13.1 Å². The molecule has 1 heterocycles. The van der Waals surface area contributed by atoms with E-state index in [9.17, 15) is 9.59 Å². The molecule has 0 saturated carbocycles. The first-order valence-electron chi connectivity index (χ1n) is 5.29. The van der Waals surface area contributed by atoms with Crippen molar-refractivity contribution in [3.8, 4) is 0 Å². The van der Waals surface area contributed by atoms with Crippen molar-refractivity contribution in [2.24, 2.45) is 11.7 Å². The molecule has 5 nitrogen and oxygen atoms in total. The van der Waals surface area contributed by atoms with Crippen molar-refractivity contribution in [1.29, 1.82) is 0 Å². The fourth-order valence-electron chi connectivity index (χ4n) is 1.59. The zero-order chi connectivity index (χ0) is 11.4. The van der Waals surface area contributed by atoms with Crippen LogP contribution in [0.4, 0.5) is 0 Å². The third kappa shape index (κ3) is 2.92. The van der Waals surface area contributed by atoms with Crippen molar-refractivity contribution in [3.63, 3.8) is 0 Å². The maximum atomic E-state index is 11.8. The van der Waals surface area contributed by atoms with Gasteiger partial charge in [0.25, 0.3) is 0 Å². The molecule has 1 fully saturated rings. The Labute approximate surface area is 90.2 Å². The molecule has 2 amide bonds. The first-order valence-corrected chi connectivity index (χ1v) is 5.29. The highest BCUT2D eigenvalue weighted by atomic mass is 16.2. The van der Waals surface area contributed by atoms with E-state index in [1.54, 1.807) is 23.8 Å². The maximum Gasteiger partial charge on any atom is 0.241 e. The van der Waals surface area contributed by atoms with E-state index in [1.807, 2.05) is 0 Å². The molecular formula is C10H19N3O2. The largest absolute Gasteiger partial charge is 0.344 e. The van der Waals surface area contributed by atoms with Gasteiger partial charge in [-0.05, 0) is 6.42 Å². The smallest absolute Gasteiger partial charge is 0.241 e. The molecule has 1 aliphatic heterocycles. The number of hydrogen-bond donors (Lipinski definition) is 1. The van der Waals surface area contributed by atoms with Crippen LogP contribution in [-0.2, 0) is 9.59 Å². The highest BCUT2D eigenvalue weighted by molar-refractivity contribution is 5.86. The molecule has 0 aromatic carbocycles. The standard InChI is InChI=1S/C10H19N3O2/c1-8(6-11)10(15)13-5-3-4-12(2)9(14)7-13/h8H,3-7,11H2,1-2H3. The third-order valence-electron chi connectivity index (χ3n) is 2.76. The van der Waals surface area contributed by atoms with Crippen LogP contribution in [0.3, 0.4) is 0 Å². The molecule has 0 aromatic rings. The lowest BCUT2D eigenvalue weighted by Gasteiger charge is -2.22. The average Bonchev–Trinajstić information content (AvgIpc) is 2.39. The second kappa shape index (κ2) is 5.11. The molecule has 0 aromatic heterocycles. The number of carbonyl (C=O) groups excluding carboxylic acids is 2. The molecule has 1 saturated heterocycles. The lowest BCUT2D eigenvalue weighted by molar-refractivity contribution is -0.140. The lowest BCUT2D eigenvalue weighted by Crippen LogP contribution is -2.42. The summed E-state index contributed by atoms with van der Waals surface area (Å²) in [5.74, 6) is -0.201. The highest BCUT2D eigenvalue weighted by Gasteiger charge is 2.25. The molecule has 0 aliphatic carbocycles. The van der Waals surface area contributed by atoms with Gasteiger partial charge in [-0.1, -0.05) is 6.92 Å². The Morgan fingerprint density at radius 3 is 2.80 bits per heavy atom. The van der Waals surface area contributed by atoms with E-state index in [1.165, 1.54) is 0 Å². The van der Waals surface area contributed by atoms with Crippen molar-refractivity contribution in [2.45, 2.75) is 13.3 Å². The number of nitrogens with two attached hydrogens (primary N) is 1. The summed E-state index contributed by atoms with van der Waals surface area (Å²) < 4.78 is 0. The second-order valence-electron chi connectivity index (χ2n) is 4.07. The molecular weight excluding hydrogens is 194 g/mol. The minimum absolute atomic E-state index is 0.00470. The quantitative estimate of drug-likeness (QED) is 0.658. The van der Waals surface area contributed by atoms with Gasteiger partial charge < -0.3 is 15.5 Å². The van der Waals surface area contributed by atoms with E-state index in [0.717, 1.165) is 13.0 Å². The summed E-state index contributed by atoms with van der Waals surface area (Å²) in [5, 5.41) is 0. The Hall–Kier alpha value is -1.10. The van der Waals surface area contributed by atoms with Crippen LogP contribution in [0.1, 0.15) is 13.3 Å². The summed E-state index contributed by atoms with van der Waals surface area (Å²) in [6.45, 7) is 3.69. The van der Waals surface area contributed by atoms with Gasteiger partial charge in [0.05, 0.1) is 6.54 Å². The number of nitrogens with zero attached hydrogens (tertiary/aromatic N) is 2. The van der Waals surface area contributed by atoms with Crippen molar-refractivity contribution in [2.75, 3.05) is 33.2 Å². The maximum absolute atomic E-state index is 11.8. The summed E-state index contributed by atoms with van der Waals surface area (Å²) >= 11 is 0. The van der Waals surface area contributed by atoms with Crippen LogP contribution in [0.2, 0.25) is 0 Å². The molecule has 1 atom stereocenters. The van der Waals surface area contributed by atoms with Crippen LogP contribution in [0.25, 0.3) is 0 Å². The van der Waals surface area contributed by atoms with Gasteiger partial charge >= 0.3 is 0 Å². The Balaban J connectivity index is 2.62. The fraction of sp³-hybridized carbons (Fsp3) is 0.800. The van der Waals surface area contributed by atoms with Crippen LogP contribution >= 0.6 is 0 Å². The molecule has 15 heavy (non-hydrogen) atoms. The van der Waals surface area contributed by atoms with Crippen LogP contribution in [-0.4, -0.2) is 54.8 Å². The number of amides is 2. The van der Waals surface area contributed by atoms with Crippen molar-refractivity contribution in [1.82, 2.24) is 9.80 Å². The Morgan fingerprint density at radius 2 is 2.20 bits per heavy atom. The molecule has 2 N–H and O–H groups in total. The normalized spacial score (nSPS) is 20.1. The Bertz CT molecular complexity index is 255. The number of rotatable bonds is 2. The van der Waals surface area contributed by atoms with Crippen LogP contribution in [0, 0.1) is 5.92 Å². The van der Waals surface area contributed by atoms with E-state index in [-0.39, 0.29) is 24.3 Å². The monoisotopic (exact) mass is 213 g/mol. The third-order valence-corrected chi connectivity index (χ3v) is 2.76. The number of likely N-dealkylation sites (N-methyl/N-ethyl adjacent to an activating group) is 1. The molecule has 1 rings (SSSR count). The van der Waals surface area contributed by atoms with Crippen molar-refractivity contribution in [3.05, 3.63) is 0 Å². The molecule has 0 radical (unpaired) electrons. The Morgan fingerprint density at radius 1 is 1.53 bits per heavy atom. The van der Waals surface area contributed by atoms with Gasteiger partial charge in [-0.15, -0.1) is 0 Å². The zero-order valence-electron chi connectivity index (χ0n) is 9.40. The molecule has 0 bridgehead atoms. The minimum atomic E-state index is -0.193. The van der Waals surface area contributed by atoms with Gasteiger partial charge in [0, 0.05) is 32.6 Å². The molecule has 1 unspecified atom stereocenters. The number of hydrogen-bond acceptors (Lipinski definition) is 3. The summed E-state index contributed by atoms with van der Waals surface area (Å²) in [6, 6.07) is 0. The van der Waals surface area contributed by atoms with E-state index in [2.05, 4.69) is 0 Å². The van der Waals surface area contributed by atoms with Crippen LogP contribution < -0.4 is 5.73 Å². The topological polar surface area (TPSA) is 66.6 Å². The second-order valence-corrected chi connectivity index (χ2v) is 4.07. The van der Waals surface area contributed by atoms with Crippen molar-refractivity contribution < 1.29 is 9.59 Å².